The van der Waals surface area contributed by atoms with Gasteiger partial charge >= 0.3 is 0 Å². The van der Waals surface area contributed by atoms with E-state index in [4.69, 9.17) is 5.73 Å². The fourth-order valence-corrected chi connectivity index (χ4v) is 3.08. The van der Waals surface area contributed by atoms with Crippen LogP contribution < -0.4 is 11.1 Å². The van der Waals surface area contributed by atoms with E-state index in [0.29, 0.717) is 5.92 Å². The molecular formula is C18H28N2O. The van der Waals surface area contributed by atoms with Gasteiger partial charge < -0.3 is 11.1 Å². The molecular weight excluding hydrogens is 260 g/mol. The van der Waals surface area contributed by atoms with Gasteiger partial charge in [-0.3, -0.25) is 4.79 Å². The Kier molecular flexibility index (Phi) is 5.40. The summed E-state index contributed by atoms with van der Waals surface area (Å²) < 4.78 is 0. The van der Waals surface area contributed by atoms with Crippen LogP contribution in [0.2, 0.25) is 0 Å². The van der Waals surface area contributed by atoms with Gasteiger partial charge in [0.1, 0.15) is 0 Å². The third kappa shape index (κ3) is 4.57. The molecule has 3 heteroatoms. The predicted molar refractivity (Wildman–Crippen MR) is 86.9 cm³/mol. The first-order valence-corrected chi connectivity index (χ1v) is 8.10. The van der Waals surface area contributed by atoms with Gasteiger partial charge in [0.25, 0.3) is 0 Å². The van der Waals surface area contributed by atoms with Crippen molar-refractivity contribution in [1.29, 1.82) is 0 Å². The maximum Gasteiger partial charge on any atom is 0.223 e. The maximum atomic E-state index is 12.2. The van der Waals surface area contributed by atoms with Crippen molar-refractivity contribution >= 4 is 5.91 Å². The Morgan fingerprint density at radius 2 is 1.90 bits per heavy atom. The van der Waals surface area contributed by atoms with Crippen LogP contribution in [0, 0.1) is 11.8 Å². The van der Waals surface area contributed by atoms with Crippen molar-refractivity contribution in [3.63, 3.8) is 0 Å². The largest absolute Gasteiger partial charge is 0.349 e. The predicted octanol–water partition coefficient (Wildman–Crippen LogP) is 3.19. The van der Waals surface area contributed by atoms with Crippen LogP contribution in [0.5, 0.6) is 0 Å². The molecule has 1 fully saturated rings. The molecule has 0 bridgehead atoms. The van der Waals surface area contributed by atoms with Gasteiger partial charge in [0.05, 0.1) is 6.04 Å². The summed E-state index contributed by atoms with van der Waals surface area (Å²) in [6.45, 7) is 6.50. The number of nitrogens with two attached hydrogens (primary N) is 1. The van der Waals surface area contributed by atoms with Crippen molar-refractivity contribution in [2.75, 3.05) is 0 Å². The molecule has 1 aliphatic rings. The van der Waals surface area contributed by atoms with Crippen molar-refractivity contribution in [2.24, 2.45) is 17.6 Å². The standard InChI is InChI=1S/C18H28N2O/c1-12(2)10-14-4-6-15(7-5-14)13(3)20-18(21)16-8-9-17(19)11-16/h4-7,12-13,16-17H,8-11,19H2,1-3H3,(H,20,21). The highest BCUT2D eigenvalue weighted by Gasteiger charge is 2.28. The van der Waals surface area contributed by atoms with E-state index in [2.05, 4.69) is 43.4 Å². The molecule has 0 saturated heterocycles. The van der Waals surface area contributed by atoms with Gasteiger partial charge in [-0.05, 0) is 49.7 Å². The van der Waals surface area contributed by atoms with E-state index in [1.807, 2.05) is 6.92 Å². The SMILES string of the molecule is CC(C)Cc1ccc(C(C)NC(=O)C2CCC(N)C2)cc1. The molecule has 1 aromatic carbocycles. The van der Waals surface area contributed by atoms with Crippen molar-refractivity contribution in [3.8, 4) is 0 Å². The molecule has 0 radical (unpaired) electrons. The highest BCUT2D eigenvalue weighted by atomic mass is 16.1. The molecule has 3 unspecified atom stereocenters. The second-order valence-corrected chi connectivity index (χ2v) is 6.84. The molecule has 3 N–H and O–H groups in total. The van der Waals surface area contributed by atoms with Gasteiger partial charge in [-0.25, -0.2) is 0 Å². The molecule has 1 aromatic rings. The van der Waals surface area contributed by atoms with Crippen molar-refractivity contribution < 1.29 is 4.79 Å². The van der Waals surface area contributed by atoms with Crippen LogP contribution in [-0.2, 0) is 11.2 Å². The number of amides is 1. The summed E-state index contributed by atoms with van der Waals surface area (Å²) >= 11 is 0. The molecule has 3 atom stereocenters. The minimum atomic E-state index is 0.0578. The highest BCUT2D eigenvalue weighted by molar-refractivity contribution is 5.79. The Balaban J connectivity index is 1.90. The Bertz CT molecular complexity index is 467. The van der Waals surface area contributed by atoms with Crippen LogP contribution in [0.25, 0.3) is 0 Å². The summed E-state index contributed by atoms with van der Waals surface area (Å²) in [4.78, 5) is 12.2. The van der Waals surface area contributed by atoms with Gasteiger partial charge in [0.15, 0.2) is 0 Å². The summed E-state index contributed by atoms with van der Waals surface area (Å²) in [5.74, 6) is 0.920. The zero-order chi connectivity index (χ0) is 15.4. The fourth-order valence-electron chi connectivity index (χ4n) is 3.08. The van der Waals surface area contributed by atoms with Crippen molar-refractivity contribution in [2.45, 2.75) is 58.5 Å². The number of benzene rings is 1. The summed E-state index contributed by atoms with van der Waals surface area (Å²) in [6, 6.07) is 8.85. The Labute approximate surface area is 128 Å². The van der Waals surface area contributed by atoms with Crippen LogP contribution in [0.15, 0.2) is 24.3 Å². The summed E-state index contributed by atoms with van der Waals surface area (Å²) in [5, 5.41) is 3.12. The quantitative estimate of drug-likeness (QED) is 0.874. The van der Waals surface area contributed by atoms with Crippen LogP contribution in [0.1, 0.15) is 57.2 Å². The van der Waals surface area contributed by atoms with E-state index in [-0.39, 0.29) is 23.9 Å². The number of hydrogen-bond acceptors (Lipinski definition) is 2. The zero-order valence-corrected chi connectivity index (χ0v) is 13.4. The summed E-state index contributed by atoms with van der Waals surface area (Å²) in [5.41, 5.74) is 8.40. The molecule has 2 rings (SSSR count). The molecule has 21 heavy (non-hydrogen) atoms. The van der Waals surface area contributed by atoms with Gasteiger partial charge in [0, 0.05) is 12.0 Å². The van der Waals surface area contributed by atoms with E-state index in [0.717, 1.165) is 31.2 Å². The Hall–Kier alpha value is -1.35. The van der Waals surface area contributed by atoms with Gasteiger partial charge in [-0.1, -0.05) is 38.1 Å². The Morgan fingerprint density at radius 3 is 2.43 bits per heavy atom. The fraction of sp³-hybridized carbons (Fsp3) is 0.611. The molecule has 0 heterocycles. The van der Waals surface area contributed by atoms with Gasteiger partial charge in [-0.2, -0.15) is 0 Å². The molecule has 1 aliphatic carbocycles. The Morgan fingerprint density at radius 1 is 1.24 bits per heavy atom. The molecule has 0 aromatic heterocycles. The van der Waals surface area contributed by atoms with Crippen LogP contribution in [-0.4, -0.2) is 11.9 Å². The molecule has 0 spiro atoms. The number of carbonyl (C=O) groups excluding carboxylic acids is 1. The lowest BCUT2D eigenvalue weighted by molar-refractivity contribution is -0.125. The minimum absolute atomic E-state index is 0.0578. The van der Waals surface area contributed by atoms with Gasteiger partial charge in [-0.15, -0.1) is 0 Å². The normalized spacial score (nSPS) is 23.3. The molecule has 3 nitrogen and oxygen atoms in total. The number of nitrogens with one attached hydrogen (secondary N) is 1. The topological polar surface area (TPSA) is 55.1 Å². The van der Waals surface area contributed by atoms with Crippen molar-refractivity contribution in [3.05, 3.63) is 35.4 Å². The maximum absolute atomic E-state index is 12.2. The van der Waals surface area contributed by atoms with Crippen LogP contribution >= 0.6 is 0 Å². The lowest BCUT2D eigenvalue weighted by atomic mass is 9.99. The average Bonchev–Trinajstić information content (AvgIpc) is 2.85. The number of carbonyl (C=O) groups is 1. The number of rotatable bonds is 5. The average molecular weight is 288 g/mol. The second-order valence-electron chi connectivity index (χ2n) is 6.84. The molecule has 0 aliphatic heterocycles. The van der Waals surface area contributed by atoms with Gasteiger partial charge in [0.2, 0.25) is 5.91 Å². The highest BCUT2D eigenvalue weighted by Crippen LogP contribution is 2.25. The summed E-state index contributed by atoms with van der Waals surface area (Å²) in [6.07, 6.45) is 3.82. The van der Waals surface area contributed by atoms with E-state index in [9.17, 15) is 4.79 Å². The lowest BCUT2D eigenvalue weighted by Gasteiger charge is -2.18. The smallest absolute Gasteiger partial charge is 0.223 e. The van der Waals surface area contributed by atoms with E-state index < -0.39 is 0 Å². The molecule has 1 saturated carbocycles. The van der Waals surface area contributed by atoms with Crippen molar-refractivity contribution in [1.82, 2.24) is 5.32 Å². The molecule has 116 valence electrons. The third-order valence-electron chi connectivity index (χ3n) is 4.33. The minimum Gasteiger partial charge on any atom is -0.349 e. The first-order chi connectivity index (χ1) is 9.95. The van der Waals surface area contributed by atoms with E-state index in [1.165, 1.54) is 5.56 Å². The lowest BCUT2D eigenvalue weighted by Crippen LogP contribution is -2.32. The second kappa shape index (κ2) is 7.08. The first-order valence-electron chi connectivity index (χ1n) is 8.10. The number of hydrogen-bond donors (Lipinski definition) is 2. The monoisotopic (exact) mass is 288 g/mol. The van der Waals surface area contributed by atoms with E-state index >= 15 is 0 Å². The van der Waals surface area contributed by atoms with E-state index in [1.54, 1.807) is 0 Å². The third-order valence-corrected chi connectivity index (χ3v) is 4.33. The zero-order valence-electron chi connectivity index (χ0n) is 13.4. The van der Waals surface area contributed by atoms with Crippen LogP contribution in [0.4, 0.5) is 0 Å². The summed E-state index contributed by atoms with van der Waals surface area (Å²) in [7, 11) is 0. The molecule has 1 amide bonds. The first kappa shape index (κ1) is 16.0. The van der Waals surface area contributed by atoms with Crippen LogP contribution in [0.3, 0.4) is 0 Å².